The third-order valence-corrected chi connectivity index (χ3v) is 3.79. The van der Waals surface area contributed by atoms with Gasteiger partial charge in [-0.25, -0.2) is 0 Å². The van der Waals surface area contributed by atoms with Crippen LogP contribution in [0.5, 0.6) is 0 Å². The molecule has 0 radical (unpaired) electrons. The van der Waals surface area contributed by atoms with Crippen LogP contribution in [0.3, 0.4) is 0 Å². The summed E-state index contributed by atoms with van der Waals surface area (Å²) >= 11 is 12.3. The number of halogens is 2. The Hall–Kier alpha value is -1.10. The number of nitrogens with two attached hydrogens (primary N) is 1. The molecule has 0 fully saturated rings. The number of rotatable bonds is 3. The van der Waals surface area contributed by atoms with Crippen molar-refractivity contribution in [3.63, 3.8) is 0 Å². The van der Waals surface area contributed by atoms with Crippen LogP contribution < -0.4 is 5.73 Å². The van der Waals surface area contributed by atoms with Crippen molar-refractivity contribution in [2.75, 3.05) is 0 Å². The molecule has 0 aliphatic rings. The maximum absolute atomic E-state index is 6.13. The molecule has 4 nitrogen and oxygen atoms in total. The molecule has 0 spiro atoms. The summed E-state index contributed by atoms with van der Waals surface area (Å²) < 4.78 is 5.23. The fourth-order valence-electron chi connectivity index (χ4n) is 1.70. The van der Waals surface area contributed by atoms with Crippen LogP contribution in [0.1, 0.15) is 44.1 Å². The zero-order chi connectivity index (χ0) is 14.9. The van der Waals surface area contributed by atoms with Crippen molar-refractivity contribution >= 4 is 23.2 Å². The molecule has 1 heterocycles. The summed E-state index contributed by atoms with van der Waals surface area (Å²) in [6.07, 6.45) is 0.416. The standard InChI is InChI=1S/C14H17Cl2N3O/c1-14(2,3)12(17)13-18-11(19-20-13)7-8-9(15)5-4-6-10(8)16/h4-6,12H,7,17H2,1-3H3/t12-/m1/s1. The molecule has 1 aromatic heterocycles. The summed E-state index contributed by atoms with van der Waals surface area (Å²) in [7, 11) is 0. The average molecular weight is 314 g/mol. The molecule has 0 aliphatic heterocycles. The van der Waals surface area contributed by atoms with E-state index in [-0.39, 0.29) is 11.5 Å². The van der Waals surface area contributed by atoms with Gasteiger partial charge in [-0.05, 0) is 23.1 Å². The number of nitrogens with zero attached hydrogens (tertiary/aromatic N) is 2. The second kappa shape index (κ2) is 5.72. The van der Waals surface area contributed by atoms with E-state index in [1.165, 1.54) is 0 Å². The Morgan fingerprint density at radius 2 is 1.85 bits per heavy atom. The second-order valence-electron chi connectivity index (χ2n) is 5.77. The zero-order valence-electron chi connectivity index (χ0n) is 11.7. The number of aromatic nitrogens is 2. The van der Waals surface area contributed by atoms with Crippen LogP contribution in [-0.4, -0.2) is 10.1 Å². The molecule has 2 rings (SSSR count). The van der Waals surface area contributed by atoms with Gasteiger partial charge in [0.05, 0.1) is 6.04 Å². The third kappa shape index (κ3) is 3.32. The van der Waals surface area contributed by atoms with E-state index in [1.807, 2.05) is 20.8 Å². The predicted octanol–water partition coefficient (Wildman–Crippen LogP) is 4.01. The molecule has 0 saturated carbocycles. The van der Waals surface area contributed by atoms with E-state index in [0.29, 0.717) is 28.2 Å². The summed E-state index contributed by atoms with van der Waals surface area (Å²) in [5.74, 6) is 0.949. The Kier molecular flexibility index (Phi) is 4.37. The summed E-state index contributed by atoms with van der Waals surface area (Å²) in [6.45, 7) is 6.06. The monoisotopic (exact) mass is 313 g/mol. The highest BCUT2D eigenvalue weighted by atomic mass is 35.5. The molecule has 2 N–H and O–H groups in total. The fraction of sp³-hybridized carbons (Fsp3) is 0.429. The fourth-order valence-corrected chi connectivity index (χ4v) is 2.23. The van der Waals surface area contributed by atoms with E-state index in [9.17, 15) is 0 Å². The molecular weight excluding hydrogens is 297 g/mol. The Labute approximate surface area is 128 Å². The van der Waals surface area contributed by atoms with Gasteiger partial charge < -0.3 is 10.3 Å². The minimum atomic E-state index is -0.314. The topological polar surface area (TPSA) is 64.9 Å². The third-order valence-electron chi connectivity index (χ3n) is 3.08. The lowest BCUT2D eigenvalue weighted by Crippen LogP contribution is -2.26. The lowest BCUT2D eigenvalue weighted by Gasteiger charge is -2.23. The SMILES string of the molecule is CC(C)(C)[C@H](N)c1nc(Cc2c(Cl)cccc2Cl)no1. The van der Waals surface area contributed by atoms with E-state index < -0.39 is 0 Å². The largest absolute Gasteiger partial charge is 0.338 e. The highest BCUT2D eigenvalue weighted by Crippen LogP contribution is 2.30. The predicted molar refractivity (Wildman–Crippen MR) is 79.9 cm³/mol. The van der Waals surface area contributed by atoms with E-state index in [0.717, 1.165) is 5.56 Å². The normalized spacial score (nSPS) is 13.5. The first-order valence-electron chi connectivity index (χ1n) is 6.30. The van der Waals surface area contributed by atoms with Crippen LogP contribution in [-0.2, 0) is 6.42 Å². The molecule has 108 valence electrons. The maximum atomic E-state index is 6.13. The van der Waals surface area contributed by atoms with Crippen molar-refractivity contribution in [3.8, 4) is 0 Å². The van der Waals surface area contributed by atoms with Gasteiger partial charge >= 0.3 is 0 Å². The maximum Gasteiger partial charge on any atom is 0.244 e. The number of benzene rings is 1. The Morgan fingerprint density at radius 1 is 1.25 bits per heavy atom. The van der Waals surface area contributed by atoms with Crippen LogP contribution in [0.2, 0.25) is 10.0 Å². The van der Waals surface area contributed by atoms with Gasteiger partial charge in [0.25, 0.3) is 0 Å². The first-order valence-corrected chi connectivity index (χ1v) is 7.05. The first kappa shape index (κ1) is 15.3. The van der Waals surface area contributed by atoms with Crippen LogP contribution >= 0.6 is 23.2 Å². The van der Waals surface area contributed by atoms with E-state index in [4.69, 9.17) is 33.5 Å². The van der Waals surface area contributed by atoms with Gasteiger partial charge in [0.2, 0.25) is 5.89 Å². The minimum absolute atomic E-state index is 0.147. The van der Waals surface area contributed by atoms with Gasteiger partial charge in [-0.2, -0.15) is 4.98 Å². The molecule has 0 bridgehead atoms. The van der Waals surface area contributed by atoms with Crippen molar-refractivity contribution in [2.24, 2.45) is 11.1 Å². The molecule has 1 atom stereocenters. The van der Waals surface area contributed by atoms with Crippen LogP contribution in [0, 0.1) is 5.41 Å². The molecule has 1 aromatic carbocycles. The number of hydrogen-bond donors (Lipinski definition) is 1. The van der Waals surface area contributed by atoms with E-state index in [1.54, 1.807) is 18.2 Å². The minimum Gasteiger partial charge on any atom is -0.338 e. The lowest BCUT2D eigenvalue weighted by atomic mass is 9.87. The van der Waals surface area contributed by atoms with Crippen molar-refractivity contribution in [1.82, 2.24) is 10.1 Å². The average Bonchev–Trinajstić information content (AvgIpc) is 2.80. The van der Waals surface area contributed by atoms with Crippen LogP contribution in [0.15, 0.2) is 22.7 Å². The summed E-state index contributed by atoms with van der Waals surface area (Å²) in [4.78, 5) is 4.33. The number of hydrogen-bond acceptors (Lipinski definition) is 4. The highest BCUT2D eigenvalue weighted by Gasteiger charge is 2.27. The van der Waals surface area contributed by atoms with Gasteiger partial charge in [-0.1, -0.05) is 55.2 Å². The van der Waals surface area contributed by atoms with Crippen molar-refractivity contribution in [1.29, 1.82) is 0 Å². The van der Waals surface area contributed by atoms with Gasteiger partial charge in [-0.3, -0.25) is 0 Å². The molecule has 0 unspecified atom stereocenters. The lowest BCUT2D eigenvalue weighted by molar-refractivity contribution is 0.252. The first-order chi connectivity index (χ1) is 9.29. The van der Waals surface area contributed by atoms with E-state index >= 15 is 0 Å². The summed E-state index contributed by atoms with van der Waals surface area (Å²) in [5, 5.41) is 5.12. The zero-order valence-corrected chi connectivity index (χ0v) is 13.2. The van der Waals surface area contributed by atoms with Crippen LogP contribution in [0.25, 0.3) is 0 Å². The Bertz CT molecular complexity index is 584. The smallest absolute Gasteiger partial charge is 0.244 e. The van der Waals surface area contributed by atoms with Gasteiger partial charge in [0.1, 0.15) is 0 Å². The molecule has 0 saturated heterocycles. The molecule has 2 aromatic rings. The van der Waals surface area contributed by atoms with Gasteiger partial charge in [-0.15, -0.1) is 0 Å². The van der Waals surface area contributed by atoms with Crippen molar-refractivity contribution in [2.45, 2.75) is 33.2 Å². The Morgan fingerprint density at radius 3 is 2.40 bits per heavy atom. The molecule has 0 aliphatic carbocycles. The second-order valence-corrected chi connectivity index (χ2v) is 6.58. The highest BCUT2D eigenvalue weighted by molar-refractivity contribution is 6.36. The van der Waals surface area contributed by atoms with Crippen molar-refractivity contribution < 1.29 is 4.52 Å². The van der Waals surface area contributed by atoms with Gasteiger partial charge in [0, 0.05) is 16.5 Å². The molecule has 6 heteroatoms. The summed E-state index contributed by atoms with van der Waals surface area (Å²) in [6, 6.07) is 5.05. The molecule has 20 heavy (non-hydrogen) atoms. The quantitative estimate of drug-likeness (QED) is 0.929. The van der Waals surface area contributed by atoms with E-state index in [2.05, 4.69) is 10.1 Å². The molecule has 0 amide bonds. The van der Waals surface area contributed by atoms with Crippen LogP contribution in [0.4, 0.5) is 0 Å². The van der Waals surface area contributed by atoms with Crippen molar-refractivity contribution in [3.05, 3.63) is 45.5 Å². The van der Waals surface area contributed by atoms with Gasteiger partial charge in [0.15, 0.2) is 5.82 Å². The Balaban J connectivity index is 2.22. The molecular formula is C14H17Cl2N3O. The summed E-state index contributed by atoms with van der Waals surface area (Å²) in [5.41, 5.74) is 6.73.